The van der Waals surface area contributed by atoms with Crippen LogP contribution in [0.5, 0.6) is 5.88 Å². The van der Waals surface area contributed by atoms with E-state index in [9.17, 15) is 0 Å². The predicted octanol–water partition coefficient (Wildman–Crippen LogP) is 2.70. The summed E-state index contributed by atoms with van der Waals surface area (Å²) in [6.45, 7) is 8.59. The molecule has 0 bridgehead atoms. The van der Waals surface area contributed by atoms with Crippen LogP contribution in [0.25, 0.3) is 0 Å². The second-order valence-electron chi connectivity index (χ2n) is 5.50. The molecule has 0 radical (unpaired) electrons. The van der Waals surface area contributed by atoms with Crippen molar-refractivity contribution >= 4 is 0 Å². The lowest BCUT2D eigenvalue weighted by molar-refractivity contribution is 0.0490. The second-order valence-corrected chi connectivity index (χ2v) is 5.50. The Balaban J connectivity index is 1.86. The average molecular weight is 278 g/mol. The van der Waals surface area contributed by atoms with Gasteiger partial charge in [-0.3, -0.25) is 0 Å². The molecule has 0 unspecified atom stereocenters. The van der Waals surface area contributed by atoms with Crippen molar-refractivity contribution in [3.8, 4) is 5.88 Å². The van der Waals surface area contributed by atoms with Crippen LogP contribution in [0.15, 0.2) is 12.1 Å². The molecule has 0 spiro atoms. The van der Waals surface area contributed by atoms with E-state index in [1.54, 1.807) is 0 Å². The highest BCUT2D eigenvalue weighted by Gasteiger charge is 2.14. The first-order chi connectivity index (χ1) is 9.78. The summed E-state index contributed by atoms with van der Waals surface area (Å²) in [4.78, 5) is 4.47. The van der Waals surface area contributed by atoms with Crippen LogP contribution < -0.4 is 10.1 Å². The van der Waals surface area contributed by atoms with E-state index in [4.69, 9.17) is 9.47 Å². The summed E-state index contributed by atoms with van der Waals surface area (Å²) < 4.78 is 11.2. The van der Waals surface area contributed by atoms with E-state index in [2.05, 4.69) is 29.4 Å². The molecular formula is C16H26N2O2. The number of ether oxygens (including phenoxy) is 2. The Morgan fingerprint density at radius 1 is 1.35 bits per heavy atom. The molecule has 1 aromatic heterocycles. The first-order valence-corrected chi connectivity index (χ1v) is 7.66. The van der Waals surface area contributed by atoms with Crippen LogP contribution in [-0.2, 0) is 11.3 Å². The molecule has 0 amide bonds. The van der Waals surface area contributed by atoms with Gasteiger partial charge in [-0.25, -0.2) is 4.98 Å². The monoisotopic (exact) mass is 278 g/mol. The molecule has 1 saturated heterocycles. The number of hydrogen-bond acceptors (Lipinski definition) is 4. The van der Waals surface area contributed by atoms with Gasteiger partial charge in [0.2, 0.25) is 5.88 Å². The molecule has 2 rings (SSSR count). The van der Waals surface area contributed by atoms with Crippen molar-refractivity contribution in [1.82, 2.24) is 10.3 Å². The fraction of sp³-hybridized carbons (Fsp3) is 0.688. The highest BCUT2D eigenvalue weighted by molar-refractivity contribution is 5.24. The molecule has 1 fully saturated rings. The highest BCUT2D eigenvalue weighted by atomic mass is 16.5. The van der Waals surface area contributed by atoms with Gasteiger partial charge in [-0.05, 0) is 50.3 Å². The molecule has 4 heteroatoms. The zero-order chi connectivity index (χ0) is 14.2. The van der Waals surface area contributed by atoms with Crippen LogP contribution in [0.4, 0.5) is 0 Å². The van der Waals surface area contributed by atoms with Gasteiger partial charge in [0.25, 0.3) is 0 Å². The van der Waals surface area contributed by atoms with Gasteiger partial charge in [0.05, 0.1) is 6.61 Å². The molecular weight excluding hydrogens is 252 g/mol. The summed E-state index contributed by atoms with van der Waals surface area (Å²) >= 11 is 0. The van der Waals surface area contributed by atoms with Gasteiger partial charge in [-0.1, -0.05) is 6.92 Å². The number of aryl methyl sites for hydroxylation is 1. The Morgan fingerprint density at radius 2 is 2.15 bits per heavy atom. The van der Waals surface area contributed by atoms with Crippen molar-refractivity contribution in [3.63, 3.8) is 0 Å². The Bertz CT molecular complexity index is 403. The summed E-state index contributed by atoms with van der Waals surface area (Å²) in [5.41, 5.74) is 2.26. The number of hydrogen-bond donors (Lipinski definition) is 1. The minimum Gasteiger partial charge on any atom is -0.477 e. The Labute approximate surface area is 121 Å². The molecule has 2 heterocycles. The molecule has 1 N–H and O–H groups in total. The molecule has 20 heavy (non-hydrogen) atoms. The van der Waals surface area contributed by atoms with Gasteiger partial charge >= 0.3 is 0 Å². The minimum atomic E-state index is 0.604. The van der Waals surface area contributed by atoms with E-state index in [0.717, 1.165) is 63.7 Å². The minimum absolute atomic E-state index is 0.604. The van der Waals surface area contributed by atoms with E-state index in [1.165, 1.54) is 5.56 Å². The lowest BCUT2D eigenvalue weighted by Crippen LogP contribution is -2.21. The highest BCUT2D eigenvalue weighted by Crippen LogP contribution is 2.18. The van der Waals surface area contributed by atoms with Crippen LogP contribution in [0.2, 0.25) is 0 Å². The molecule has 1 aliphatic rings. The fourth-order valence-corrected chi connectivity index (χ4v) is 2.41. The van der Waals surface area contributed by atoms with E-state index >= 15 is 0 Å². The Morgan fingerprint density at radius 3 is 2.90 bits per heavy atom. The van der Waals surface area contributed by atoms with Crippen LogP contribution in [0, 0.1) is 12.8 Å². The molecule has 0 aliphatic carbocycles. The van der Waals surface area contributed by atoms with E-state index in [1.807, 2.05) is 6.92 Å². The second kappa shape index (κ2) is 8.22. The zero-order valence-electron chi connectivity index (χ0n) is 12.7. The van der Waals surface area contributed by atoms with Crippen molar-refractivity contribution < 1.29 is 9.47 Å². The summed E-state index contributed by atoms with van der Waals surface area (Å²) in [5, 5.41) is 3.41. The van der Waals surface area contributed by atoms with Crippen molar-refractivity contribution in [2.24, 2.45) is 5.92 Å². The van der Waals surface area contributed by atoms with Crippen molar-refractivity contribution in [2.75, 3.05) is 26.4 Å². The normalized spacial score (nSPS) is 16.3. The summed E-state index contributed by atoms with van der Waals surface area (Å²) in [7, 11) is 0. The summed E-state index contributed by atoms with van der Waals surface area (Å²) in [6, 6.07) is 4.17. The maximum atomic E-state index is 5.88. The van der Waals surface area contributed by atoms with Gasteiger partial charge in [-0.15, -0.1) is 0 Å². The number of rotatable bonds is 7. The molecule has 4 nitrogen and oxygen atoms in total. The quantitative estimate of drug-likeness (QED) is 0.779. The van der Waals surface area contributed by atoms with Gasteiger partial charge in [0.15, 0.2) is 0 Å². The molecule has 1 aromatic rings. The third-order valence-corrected chi connectivity index (χ3v) is 3.55. The van der Waals surface area contributed by atoms with Crippen LogP contribution in [-0.4, -0.2) is 31.3 Å². The summed E-state index contributed by atoms with van der Waals surface area (Å²) in [5.74, 6) is 1.36. The predicted molar refractivity (Wildman–Crippen MR) is 80.0 cm³/mol. The maximum Gasteiger partial charge on any atom is 0.213 e. The van der Waals surface area contributed by atoms with Crippen LogP contribution in [0.1, 0.15) is 37.4 Å². The molecule has 0 aromatic carbocycles. The molecule has 0 atom stereocenters. The van der Waals surface area contributed by atoms with Crippen LogP contribution >= 0.6 is 0 Å². The van der Waals surface area contributed by atoms with Crippen molar-refractivity contribution in [3.05, 3.63) is 23.4 Å². The molecule has 1 aliphatic heterocycles. The lowest BCUT2D eigenvalue weighted by atomic mass is 10.0. The Kier molecular flexibility index (Phi) is 6.27. The fourth-order valence-electron chi connectivity index (χ4n) is 2.41. The lowest BCUT2D eigenvalue weighted by Gasteiger charge is -2.22. The van der Waals surface area contributed by atoms with E-state index in [0.29, 0.717) is 5.92 Å². The third kappa shape index (κ3) is 5.10. The van der Waals surface area contributed by atoms with Gasteiger partial charge in [0, 0.05) is 31.5 Å². The average Bonchev–Trinajstić information content (AvgIpc) is 2.46. The SMILES string of the molecule is CCCNCc1cc(C)nc(OCC2CCOCC2)c1. The number of nitrogens with one attached hydrogen (secondary N) is 1. The van der Waals surface area contributed by atoms with Gasteiger partial charge in [-0.2, -0.15) is 0 Å². The first kappa shape index (κ1) is 15.3. The number of nitrogens with zero attached hydrogens (tertiary/aromatic N) is 1. The van der Waals surface area contributed by atoms with Crippen molar-refractivity contribution in [2.45, 2.75) is 39.7 Å². The first-order valence-electron chi connectivity index (χ1n) is 7.66. The smallest absolute Gasteiger partial charge is 0.213 e. The molecule has 0 saturated carbocycles. The van der Waals surface area contributed by atoms with E-state index in [-0.39, 0.29) is 0 Å². The van der Waals surface area contributed by atoms with Crippen molar-refractivity contribution in [1.29, 1.82) is 0 Å². The topological polar surface area (TPSA) is 43.4 Å². The third-order valence-electron chi connectivity index (χ3n) is 3.55. The zero-order valence-corrected chi connectivity index (χ0v) is 12.7. The van der Waals surface area contributed by atoms with Gasteiger partial charge in [0.1, 0.15) is 0 Å². The Hall–Kier alpha value is -1.13. The maximum absolute atomic E-state index is 5.88. The van der Waals surface area contributed by atoms with Gasteiger partial charge < -0.3 is 14.8 Å². The standard InChI is InChI=1S/C16H26N2O2/c1-3-6-17-11-15-9-13(2)18-16(10-15)20-12-14-4-7-19-8-5-14/h9-10,14,17H,3-8,11-12H2,1-2H3. The number of aromatic nitrogens is 1. The molecule has 112 valence electrons. The summed E-state index contributed by atoms with van der Waals surface area (Å²) in [6.07, 6.45) is 3.34. The van der Waals surface area contributed by atoms with E-state index < -0.39 is 0 Å². The number of pyridine rings is 1. The largest absolute Gasteiger partial charge is 0.477 e. The van der Waals surface area contributed by atoms with Crippen LogP contribution in [0.3, 0.4) is 0 Å².